The summed E-state index contributed by atoms with van der Waals surface area (Å²) in [6.07, 6.45) is 3.47. The molecule has 1 aromatic carbocycles. The van der Waals surface area contributed by atoms with Crippen LogP contribution in [0.5, 0.6) is 0 Å². The van der Waals surface area contributed by atoms with Crippen molar-refractivity contribution in [3.05, 3.63) is 63.9 Å². The van der Waals surface area contributed by atoms with E-state index in [4.69, 9.17) is 0 Å². The maximum absolute atomic E-state index is 12.6. The quantitative estimate of drug-likeness (QED) is 0.769. The molecule has 2 amide bonds. The topological polar surface area (TPSA) is 40.6 Å². The van der Waals surface area contributed by atoms with Crippen molar-refractivity contribution in [1.82, 2.24) is 9.80 Å². The van der Waals surface area contributed by atoms with Crippen LogP contribution in [0.3, 0.4) is 0 Å². The van der Waals surface area contributed by atoms with E-state index < -0.39 is 0 Å². The third kappa shape index (κ3) is 4.41. The van der Waals surface area contributed by atoms with Crippen LogP contribution in [0.15, 0.2) is 47.9 Å². The molecule has 1 fully saturated rings. The van der Waals surface area contributed by atoms with E-state index in [-0.39, 0.29) is 11.8 Å². The Morgan fingerprint density at radius 1 is 1.00 bits per heavy atom. The first-order chi connectivity index (χ1) is 12.5. The van der Waals surface area contributed by atoms with Crippen LogP contribution in [0, 0.1) is 0 Å². The lowest BCUT2D eigenvalue weighted by atomic mass is 10.0. The van der Waals surface area contributed by atoms with Gasteiger partial charge in [0.1, 0.15) is 0 Å². The molecular weight excluding hydrogens is 344 g/mol. The van der Waals surface area contributed by atoms with Gasteiger partial charge in [0, 0.05) is 42.7 Å². The highest BCUT2D eigenvalue weighted by Gasteiger charge is 2.23. The van der Waals surface area contributed by atoms with Gasteiger partial charge in [0.2, 0.25) is 5.91 Å². The van der Waals surface area contributed by atoms with E-state index in [1.807, 2.05) is 52.8 Å². The molecule has 0 saturated carbocycles. The molecule has 1 aliphatic rings. The number of amides is 2. The van der Waals surface area contributed by atoms with Gasteiger partial charge >= 0.3 is 0 Å². The smallest absolute Gasteiger partial charge is 0.253 e. The zero-order valence-corrected chi connectivity index (χ0v) is 16.0. The van der Waals surface area contributed by atoms with Gasteiger partial charge in [-0.05, 0) is 41.1 Å². The van der Waals surface area contributed by atoms with E-state index in [9.17, 15) is 9.59 Å². The summed E-state index contributed by atoms with van der Waals surface area (Å²) in [5, 5.41) is 1.99. The fraction of sp³-hybridized carbons (Fsp3) is 0.333. The van der Waals surface area contributed by atoms with Gasteiger partial charge in [0.25, 0.3) is 5.91 Å². The van der Waals surface area contributed by atoms with Gasteiger partial charge in [-0.2, -0.15) is 0 Å². The highest BCUT2D eigenvalue weighted by Crippen LogP contribution is 2.17. The van der Waals surface area contributed by atoms with Gasteiger partial charge in [-0.3, -0.25) is 9.59 Å². The van der Waals surface area contributed by atoms with Crippen molar-refractivity contribution >= 4 is 29.2 Å². The predicted molar refractivity (Wildman–Crippen MR) is 106 cm³/mol. The van der Waals surface area contributed by atoms with Gasteiger partial charge in [-0.25, -0.2) is 0 Å². The monoisotopic (exact) mass is 368 g/mol. The summed E-state index contributed by atoms with van der Waals surface area (Å²) in [6.45, 7) is 6.57. The van der Waals surface area contributed by atoms with Crippen molar-refractivity contribution in [3.8, 4) is 0 Å². The number of hydrogen-bond acceptors (Lipinski definition) is 3. The summed E-state index contributed by atoms with van der Waals surface area (Å²) in [7, 11) is 0. The summed E-state index contributed by atoms with van der Waals surface area (Å²) >= 11 is 1.61. The van der Waals surface area contributed by atoms with E-state index in [1.54, 1.807) is 22.3 Å². The third-order valence-corrected chi connectivity index (χ3v) is 5.47. The Morgan fingerprint density at radius 3 is 2.23 bits per heavy atom. The fourth-order valence-electron chi connectivity index (χ4n) is 2.97. The zero-order valence-electron chi connectivity index (χ0n) is 15.2. The molecule has 0 aliphatic carbocycles. The molecule has 4 nitrogen and oxygen atoms in total. The Balaban J connectivity index is 1.54. The summed E-state index contributed by atoms with van der Waals surface area (Å²) < 4.78 is 0. The standard InChI is InChI=1S/C21H24N2O2S/c1-16(2)17-5-7-18(8-6-17)21(25)23-13-11-22(12-14-23)20(24)10-9-19-4-3-15-26-19/h3-10,15-16H,11-14H2,1-2H3. The highest BCUT2D eigenvalue weighted by molar-refractivity contribution is 7.10. The number of carbonyl (C=O) groups is 2. The number of carbonyl (C=O) groups excluding carboxylic acids is 2. The average Bonchev–Trinajstić information content (AvgIpc) is 3.19. The molecule has 1 aromatic heterocycles. The molecule has 3 rings (SSSR count). The molecule has 0 spiro atoms. The molecule has 0 atom stereocenters. The number of thiophene rings is 1. The molecule has 0 bridgehead atoms. The third-order valence-electron chi connectivity index (χ3n) is 4.64. The average molecular weight is 369 g/mol. The van der Waals surface area contributed by atoms with Gasteiger partial charge in [0.15, 0.2) is 0 Å². The largest absolute Gasteiger partial charge is 0.336 e. The minimum atomic E-state index is 0.00628. The molecule has 1 saturated heterocycles. The molecule has 2 aromatic rings. The minimum Gasteiger partial charge on any atom is -0.336 e. The van der Waals surface area contributed by atoms with E-state index >= 15 is 0 Å². The second-order valence-electron chi connectivity index (χ2n) is 6.74. The first-order valence-electron chi connectivity index (χ1n) is 8.94. The van der Waals surface area contributed by atoms with Crippen LogP contribution in [-0.2, 0) is 4.79 Å². The van der Waals surface area contributed by atoms with Gasteiger partial charge in [0.05, 0.1) is 0 Å². The van der Waals surface area contributed by atoms with Crippen LogP contribution < -0.4 is 0 Å². The zero-order chi connectivity index (χ0) is 18.5. The summed E-state index contributed by atoms with van der Waals surface area (Å²) in [5.74, 6) is 0.504. The second-order valence-corrected chi connectivity index (χ2v) is 7.72. The Bertz CT molecular complexity index is 771. The lowest BCUT2D eigenvalue weighted by Gasteiger charge is -2.34. The maximum atomic E-state index is 12.6. The lowest BCUT2D eigenvalue weighted by Crippen LogP contribution is -2.50. The minimum absolute atomic E-state index is 0.00628. The molecule has 0 unspecified atom stereocenters. The van der Waals surface area contributed by atoms with Crippen molar-refractivity contribution in [1.29, 1.82) is 0 Å². The number of piperazine rings is 1. The number of nitrogens with zero attached hydrogens (tertiary/aromatic N) is 2. The van der Waals surface area contributed by atoms with Crippen LogP contribution in [0.1, 0.15) is 40.6 Å². The molecule has 2 heterocycles. The molecular formula is C21H24N2O2S. The lowest BCUT2D eigenvalue weighted by molar-refractivity contribution is -0.127. The predicted octanol–water partition coefficient (Wildman–Crippen LogP) is 3.87. The van der Waals surface area contributed by atoms with Crippen LogP contribution in [0.4, 0.5) is 0 Å². The van der Waals surface area contributed by atoms with Crippen LogP contribution >= 0.6 is 11.3 Å². The molecule has 1 aliphatic heterocycles. The van der Waals surface area contributed by atoms with E-state index in [0.29, 0.717) is 37.7 Å². The number of benzene rings is 1. The highest BCUT2D eigenvalue weighted by atomic mass is 32.1. The molecule has 0 radical (unpaired) electrons. The summed E-state index contributed by atoms with van der Waals surface area (Å²) in [4.78, 5) is 29.6. The van der Waals surface area contributed by atoms with Gasteiger partial charge in [-0.1, -0.05) is 32.0 Å². The first-order valence-corrected chi connectivity index (χ1v) is 9.82. The molecule has 26 heavy (non-hydrogen) atoms. The van der Waals surface area contributed by atoms with Crippen molar-refractivity contribution in [2.45, 2.75) is 19.8 Å². The molecule has 5 heteroatoms. The van der Waals surface area contributed by atoms with Crippen molar-refractivity contribution in [2.24, 2.45) is 0 Å². The van der Waals surface area contributed by atoms with Crippen LogP contribution in [0.2, 0.25) is 0 Å². The van der Waals surface area contributed by atoms with E-state index in [1.165, 1.54) is 5.56 Å². The van der Waals surface area contributed by atoms with Gasteiger partial charge in [-0.15, -0.1) is 11.3 Å². The first kappa shape index (κ1) is 18.4. The fourth-order valence-corrected chi connectivity index (χ4v) is 3.59. The summed E-state index contributed by atoms with van der Waals surface area (Å²) in [5.41, 5.74) is 1.95. The maximum Gasteiger partial charge on any atom is 0.253 e. The molecule has 136 valence electrons. The Kier molecular flexibility index (Phi) is 5.89. The number of hydrogen-bond donors (Lipinski definition) is 0. The van der Waals surface area contributed by atoms with Crippen LogP contribution in [0.25, 0.3) is 6.08 Å². The number of rotatable bonds is 4. The Hall–Kier alpha value is -2.40. The Labute approximate surface area is 158 Å². The van der Waals surface area contributed by atoms with E-state index in [2.05, 4.69) is 13.8 Å². The van der Waals surface area contributed by atoms with Crippen molar-refractivity contribution < 1.29 is 9.59 Å². The van der Waals surface area contributed by atoms with Crippen molar-refractivity contribution in [2.75, 3.05) is 26.2 Å². The SMILES string of the molecule is CC(C)c1ccc(C(=O)N2CCN(C(=O)C=Cc3cccs3)CC2)cc1. The summed E-state index contributed by atoms with van der Waals surface area (Å²) in [6, 6.07) is 11.8. The normalized spacial score (nSPS) is 15.0. The van der Waals surface area contributed by atoms with Crippen molar-refractivity contribution in [3.63, 3.8) is 0 Å². The second kappa shape index (κ2) is 8.32. The molecule has 0 N–H and O–H groups in total. The Morgan fingerprint density at radius 2 is 1.65 bits per heavy atom. The van der Waals surface area contributed by atoms with Crippen LogP contribution in [-0.4, -0.2) is 47.8 Å². The van der Waals surface area contributed by atoms with E-state index in [0.717, 1.165) is 4.88 Å². The van der Waals surface area contributed by atoms with Gasteiger partial charge < -0.3 is 9.80 Å².